The lowest BCUT2D eigenvalue weighted by Crippen LogP contribution is -2.18. The lowest BCUT2D eigenvalue weighted by Gasteiger charge is -2.09. The Bertz CT molecular complexity index is 828. The molecule has 0 spiro atoms. The molecule has 10 heteroatoms. The Morgan fingerprint density at radius 1 is 1.45 bits per heavy atom. The summed E-state index contributed by atoms with van der Waals surface area (Å²) in [5.41, 5.74) is -0.901. The lowest BCUT2D eigenvalue weighted by atomic mass is 10.2. The molecule has 0 aliphatic heterocycles. The van der Waals surface area contributed by atoms with Crippen molar-refractivity contribution in [1.29, 1.82) is 0 Å². The number of H-pyrrole nitrogens is 1. The van der Waals surface area contributed by atoms with E-state index in [1.54, 1.807) is 0 Å². The number of halogens is 2. The molecular formula is C10H10ClFN4O3S. The minimum Gasteiger partial charge on any atom is -0.293 e. The number of anilines is 1. The van der Waals surface area contributed by atoms with Gasteiger partial charge in [-0.2, -0.15) is 9.78 Å². The molecule has 0 bridgehead atoms. The zero-order valence-corrected chi connectivity index (χ0v) is 12.0. The maximum absolute atomic E-state index is 13.9. The van der Waals surface area contributed by atoms with Gasteiger partial charge in [0, 0.05) is 0 Å². The van der Waals surface area contributed by atoms with E-state index in [4.69, 9.17) is 11.6 Å². The fraction of sp³-hybridized carbons (Fsp3) is 0.200. The molecule has 0 unspecified atom stereocenters. The Balaban J connectivity index is 2.63. The number of hydrogen-bond donors (Lipinski definition) is 2. The Hall–Kier alpha value is -1.87. The largest absolute Gasteiger partial charge is 0.348 e. The summed E-state index contributed by atoms with van der Waals surface area (Å²) < 4.78 is 39.2. The number of nitrogens with one attached hydrogen (secondary N) is 2. The van der Waals surface area contributed by atoms with Gasteiger partial charge in [-0.05, 0) is 19.1 Å². The van der Waals surface area contributed by atoms with E-state index in [-0.39, 0.29) is 16.4 Å². The molecule has 0 atom stereocenters. The first-order valence-electron chi connectivity index (χ1n) is 5.30. The lowest BCUT2D eigenvalue weighted by molar-refractivity contribution is 0.604. The van der Waals surface area contributed by atoms with Crippen LogP contribution in [-0.2, 0) is 10.0 Å². The zero-order valence-electron chi connectivity index (χ0n) is 10.4. The van der Waals surface area contributed by atoms with Gasteiger partial charge in [-0.3, -0.25) is 9.71 Å². The second kappa shape index (κ2) is 4.91. The third-order valence-electron chi connectivity index (χ3n) is 2.29. The van der Waals surface area contributed by atoms with Gasteiger partial charge in [0.1, 0.15) is 11.5 Å². The molecule has 1 heterocycles. The topological polar surface area (TPSA) is 96.8 Å². The first-order chi connectivity index (χ1) is 9.17. The van der Waals surface area contributed by atoms with Crippen LogP contribution in [-0.4, -0.2) is 29.4 Å². The van der Waals surface area contributed by atoms with E-state index >= 15 is 0 Å². The second-order valence-electron chi connectivity index (χ2n) is 4.09. The van der Waals surface area contributed by atoms with E-state index in [9.17, 15) is 17.6 Å². The van der Waals surface area contributed by atoms with Crippen molar-refractivity contribution >= 4 is 27.3 Å². The Morgan fingerprint density at radius 3 is 2.60 bits per heavy atom. The van der Waals surface area contributed by atoms with Gasteiger partial charge in [0.25, 0.3) is 0 Å². The number of aromatic nitrogens is 3. The van der Waals surface area contributed by atoms with E-state index in [0.717, 1.165) is 23.1 Å². The van der Waals surface area contributed by atoms with Crippen molar-refractivity contribution in [1.82, 2.24) is 14.8 Å². The predicted molar refractivity (Wildman–Crippen MR) is 72.4 cm³/mol. The summed E-state index contributed by atoms with van der Waals surface area (Å²) in [5, 5.41) is 3.67. The van der Waals surface area contributed by atoms with Crippen molar-refractivity contribution in [3.05, 3.63) is 39.3 Å². The molecule has 0 aliphatic rings. The summed E-state index contributed by atoms with van der Waals surface area (Å²) in [6, 6.07) is 2.00. The van der Waals surface area contributed by atoms with E-state index in [1.807, 2.05) is 0 Å². The van der Waals surface area contributed by atoms with Gasteiger partial charge in [0.05, 0.1) is 17.0 Å². The maximum atomic E-state index is 13.9. The molecule has 2 rings (SSSR count). The highest BCUT2D eigenvalue weighted by atomic mass is 35.5. The molecule has 2 aromatic rings. The Labute approximate surface area is 118 Å². The van der Waals surface area contributed by atoms with Crippen LogP contribution in [0, 0.1) is 12.7 Å². The van der Waals surface area contributed by atoms with Gasteiger partial charge < -0.3 is 0 Å². The molecule has 108 valence electrons. The fourth-order valence-electron chi connectivity index (χ4n) is 1.57. The minimum absolute atomic E-state index is 0.0434. The first-order valence-corrected chi connectivity index (χ1v) is 7.57. The van der Waals surface area contributed by atoms with Gasteiger partial charge in [-0.15, -0.1) is 0 Å². The summed E-state index contributed by atoms with van der Waals surface area (Å²) in [7, 11) is -3.59. The second-order valence-corrected chi connectivity index (χ2v) is 6.24. The summed E-state index contributed by atoms with van der Waals surface area (Å²) in [6.07, 6.45) is 0.928. The number of aryl methyl sites for hydroxylation is 1. The van der Waals surface area contributed by atoms with Crippen LogP contribution < -0.4 is 10.4 Å². The van der Waals surface area contributed by atoms with E-state index in [2.05, 4.69) is 14.8 Å². The van der Waals surface area contributed by atoms with Crippen LogP contribution in [0.4, 0.5) is 10.1 Å². The molecule has 0 saturated heterocycles. The number of aromatic amines is 1. The third-order valence-corrected chi connectivity index (χ3v) is 3.19. The number of nitrogens with zero attached hydrogens (tertiary/aromatic N) is 2. The average Bonchev–Trinajstić information content (AvgIpc) is 2.60. The first kappa shape index (κ1) is 14.5. The molecular weight excluding hydrogens is 311 g/mol. The van der Waals surface area contributed by atoms with E-state index in [0.29, 0.717) is 5.82 Å². The van der Waals surface area contributed by atoms with Gasteiger partial charge in [-0.25, -0.2) is 17.6 Å². The smallest absolute Gasteiger partial charge is 0.293 e. The van der Waals surface area contributed by atoms with Crippen molar-refractivity contribution in [3.8, 4) is 5.69 Å². The standard InChI is InChI=1S/C10H10ClFN4O3S/c1-5-13-10(17)16(14-5)9-4-8(15-20(2,18)19)6(11)3-7(9)12/h3-4,15H,1-2H3,(H,13,14,17). The molecule has 1 aromatic heterocycles. The van der Waals surface area contributed by atoms with Crippen LogP contribution in [0.3, 0.4) is 0 Å². The highest BCUT2D eigenvalue weighted by Gasteiger charge is 2.15. The number of rotatable bonds is 3. The van der Waals surface area contributed by atoms with Crippen molar-refractivity contribution < 1.29 is 12.8 Å². The number of sulfonamides is 1. The Kier molecular flexibility index (Phi) is 3.57. The van der Waals surface area contributed by atoms with Gasteiger partial charge >= 0.3 is 5.69 Å². The van der Waals surface area contributed by atoms with Crippen molar-refractivity contribution in [2.24, 2.45) is 0 Å². The highest BCUT2D eigenvalue weighted by molar-refractivity contribution is 7.92. The molecule has 0 aliphatic carbocycles. The van der Waals surface area contributed by atoms with Crippen LogP contribution in [0.25, 0.3) is 5.69 Å². The van der Waals surface area contributed by atoms with Crippen LogP contribution in [0.1, 0.15) is 5.82 Å². The summed E-state index contributed by atoms with van der Waals surface area (Å²) >= 11 is 5.76. The van der Waals surface area contributed by atoms with Crippen LogP contribution >= 0.6 is 11.6 Å². The van der Waals surface area contributed by atoms with Crippen molar-refractivity contribution in [3.63, 3.8) is 0 Å². The molecule has 0 radical (unpaired) electrons. The summed E-state index contributed by atoms with van der Waals surface area (Å²) in [4.78, 5) is 14.0. The number of hydrogen-bond acceptors (Lipinski definition) is 4. The summed E-state index contributed by atoms with van der Waals surface area (Å²) in [5.74, 6) is -0.510. The zero-order chi connectivity index (χ0) is 15.1. The monoisotopic (exact) mass is 320 g/mol. The van der Waals surface area contributed by atoms with Crippen molar-refractivity contribution in [2.45, 2.75) is 6.92 Å². The summed E-state index contributed by atoms with van der Waals surface area (Å²) in [6.45, 7) is 1.53. The van der Waals surface area contributed by atoms with Crippen LogP contribution in [0.15, 0.2) is 16.9 Å². The molecule has 7 nitrogen and oxygen atoms in total. The Morgan fingerprint density at radius 2 is 2.10 bits per heavy atom. The minimum atomic E-state index is -3.59. The molecule has 0 fully saturated rings. The highest BCUT2D eigenvalue weighted by Crippen LogP contribution is 2.27. The molecule has 1 aromatic carbocycles. The predicted octanol–water partition coefficient (Wildman–Crippen LogP) is 1.03. The van der Waals surface area contributed by atoms with Crippen molar-refractivity contribution in [2.75, 3.05) is 11.0 Å². The van der Waals surface area contributed by atoms with Gasteiger partial charge in [-0.1, -0.05) is 11.6 Å². The van der Waals surface area contributed by atoms with E-state index < -0.39 is 21.5 Å². The van der Waals surface area contributed by atoms with Gasteiger partial charge in [0.2, 0.25) is 10.0 Å². The molecule has 0 saturated carbocycles. The van der Waals surface area contributed by atoms with Crippen LogP contribution in [0.2, 0.25) is 5.02 Å². The van der Waals surface area contributed by atoms with Gasteiger partial charge in [0.15, 0.2) is 5.82 Å². The quantitative estimate of drug-likeness (QED) is 0.882. The molecule has 20 heavy (non-hydrogen) atoms. The maximum Gasteiger partial charge on any atom is 0.348 e. The van der Waals surface area contributed by atoms with E-state index in [1.165, 1.54) is 6.92 Å². The fourth-order valence-corrected chi connectivity index (χ4v) is 2.39. The van der Waals surface area contributed by atoms with Crippen LogP contribution in [0.5, 0.6) is 0 Å². The normalized spacial score (nSPS) is 11.6. The SMILES string of the molecule is Cc1nn(-c2cc(NS(C)(=O)=O)c(Cl)cc2F)c(=O)[nH]1. The third kappa shape index (κ3) is 2.99. The average molecular weight is 321 g/mol. The molecule has 2 N–H and O–H groups in total. The molecule has 0 amide bonds. The number of benzene rings is 1.